The highest BCUT2D eigenvalue weighted by atomic mass is 32.2. The molecule has 0 aliphatic carbocycles. The molecule has 2 aliphatic heterocycles. The number of nitrogens with one attached hydrogen (secondary N) is 1. The molecular weight excluding hydrogens is 318 g/mol. The van der Waals surface area contributed by atoms with Gasteiger partial charge in [0.25, 0.3) is 0 Å². The standard InChI is InChI=1S/C19H23N3OS/c1-2-6-15(7-3-1)19(17-13-24-14-21-17)23-16-9-11-22(12-16)18-8-4-5-10-20-18/h1-8,10,16-17,19,21H,9,11-14H2/t16-,17?,19?/m0/s1. The zero-order chi connectivity index (χ0) is 16.2. The number of rotatable bonds is 5. The average Bonchev–Trinajstić information content (AvgIpc) is 3.33. The number of hydrogen-bond acceptors (Lipinski definition) is 5. The van der Waals surface area contributed by atoms with Gasteiger partial charge in [-0.1, -0.05) is 36.4 Å². The summed E-state index contributed by atoms with van der Waals surface area (Å²) in [5.41, 5.74) is 1.27. The van der Waals surface area contributed by atoms with E-state index in [1.165, 1.54) is 5.56 Å². The Kier molecular flexibility index (Phi) is 5.02. The second kappa shape index (κ2) is 7.55. The first-order valence-corrected chi connectivity index (χ1v) is 9.73. The third-order valence-corrected chi connectivity index (χ3v) is 5.66. The van der Waals surface area contributed by atoms with Crippen LogP contribution in [0.3, 0.4) is 0 Å². The summed E-state index contributed by atoms with van der Waals surface area (Å²) in [5, 5.41) is 3.58. The van der Waals surface area contributed by atoms with Crippen molar-refractivity contribution in [2.45, 2.75) is 24.7 Å². The predicted molar refractivity (Wildman–Crippen MR) is 99.4 cm³/mol. The van der Waals surface area contributed by atoms with E-state index in [-0.39, 0.29) is 12.2 Å². The summed E-state index contributed by atoms with van der Waals surface area (Å²) in [5.74, 6) is 3.17. The van der Waals surface area contributed by atoms with Crippen molar-refractivity contribution in [3.63, 3.8) is 0 Å². The molecule has 0 spiro atoms. The summed E-state index contributed by atoms with van der Waals surface area (Å²) in [6.45, 7) is 1.93. The van der Waals surface area contributed by atoms with Gasteiger partial charge < -0.3 is 15.0 Å². The van der Waals surface area contributed by atoms with E-state index >= 15 is 0 Å². The van der Waals surface area contributed by atoms with Crippen molar-refractivity contribution >= 4 is 17.6 Å². The SMILES string of the molecule is c1ccc(C(O[C@H]2CCN(c3ccccn3)C2)C2CSCN2)cc1. The van der Waals surface area contributed by atoms with Crippen LogP contribution < -0.4 is 10.2 Å². The molecule has 2 aromatic rings. The Balaban J connectivity index is 1.45. The highest BCUT2D eigenvalue weighted by Crippen LogP contribution is 2.31. The van der Waals surface area contributed by atoms with Crippen LogP contribution in [0.15, 0.2) is 54.7 Å². The maximum Gasteiger partial charge on any atom is 0.128 e. The van der Waals surface area contributed by atoms with Gasteiger partial charge in [-0.25, -0.2) is 4.98 Å². The fraction of sp³-hybridized carbons (Fsp3) is 0.421. The molecule has 0 bridgehead atoms. The van der Waals surface area contributed by atoms with Gasteiger partial charge in [0.05, 0.1) is 12.2 Å². The summed E-state index contributed by atoms with van der Waals surface area (Å²) in [6.07, 6.45) is 3.29. The number of anilines is 1. The minimum atomic E-state index is 0.120. The lowest BCUT2D eigenvalue weighted by Gasteiger charge is -2.27. The number of aromatic nitrogens is 1. The molecule has 2 fully saturated rings. The normalized spacial score (nSPS) is 25.1. The first-order chi connectivity index (χ1) is 11.9. The Morgan fingerprint density at radius 2 is 2.04 bits per heavy atom. The van der Waals surface area contributed by atoms with Crippen LogP contribution in [0.5, 0.6) is 0 Å². The molecular formula is C19H23N3OS. The van der Waals surface area contributed by atoms with Gasteiger partial charge in [0.1, 0.15) is 5.82 Å². The van der Waals surface area contributed by atoms with Gasteiger partial charge in [0.2, 0.25) is 0 Å². The van der Waals surface area contributed by atoms with Crippen LogP contribution in [0.25, 0.3) is 0 Å². The van der Waals surface area contributed by atoms with Crippen LogP contribution in [0, 0.1) is 0 Å². The maximum absolute atomic E-state index is 6.59. The quantitative estimate of drug-likeness (QED) is 0.905. The van der Waals surface area contributed by atoms with E-state index in [1.54, 1.807) is 0 Å². The maximum atomic E-state index is 6.59. The smallest absolute Gasteiger partial charge is 0.128 e. The van der Waals surface area contributed by atoms with Crippen molar-refractivity contribution in [1.82, 2.24) is 10.3 Å². The number of pyridine rings is 1. The second-order valence-corrected chi connectivity index (χ2v) is 7.37. The summed E-state index contributed by atoms with van der Waals surface area (Å²) >= 11 is 1.95. The molecule has 3 atom stereocenters. The van der Waals surface area contributed by atoms with Gasteiger partial charge >= 0.3 is 0 Å². The van der Waals surface area contributed by atoms with Crippen molar-refractivity contribution in [2.75, 3.05) is 29.6 Å². The van der Waals surface area contributed by atoms with E-state index < -0.39 is 0 Å². The van der Waals surface area contributed by atoms with Crippen LogP contribution >= 0.6 is 11.8 Å². The molecule has 3 heterocycles. The fourth-order valence-corrected chi connectivity index (χ4v) is 4.45. The van der Waals surface area contributed by atoms with Crippen molar-refractivity contribution < 1.29 is 4.74 Å². The Morgan fingerprint density at radius 3 is 2.79 bits per heavy atom. The largest absolute Gasteiger partial charge is 0.367 e. The first kappa shape index (κ1) is 15.9. The number of ether oxygens (including phenoxy) is 1. The minimum Gasteiger partial charge on any atom is -0.367 e. The summed E-state index contributed by atoms with van der Waals surface area (Å²) < 4.78 is 6.59. The molecule has 24 heavy (non-hydrogen) atoms. The van der Waals surface area contributed by atoms with Gasteiger partial charge in [-0.3, -0.25) is 0 Å². The average molecular weight is 341 g/mol. The van der Waals surface area contributed by atoms with Gasteiger partial charge in [0, 0.05) is 37.0 Å². The van der Waals surface area contributed by atoms with E-state index in [0.717, 1.165) is 37.0 Å². The lowest BCUT2D eigenvalue weighted by atomic mass is 10.0. The zero-order valence-electron chi connectivity index (χ0n) is 13.7. The van der Waals surface area contributed by atoms with Crippen LogP contribution in [-0.2, 0) is 4.74 Å². The highest BCUT2D eigenvalue weighted by molar-refractivity contribution is 7.99. The molecule has 2 saturated heterocycles. The molecule has 4 nitrogen and oxygen atoms in total. The van der Waals surface area contributed by atoms with Crippen LogP contribution in [0.2, 0.25) is 0 Å². The van der Waals surface area contributed by atoms with E-state index in [0.29, 0.717) is 6.04 Å². The van der Waals surface area contributed by atoms with E-state index in [2.05, 4.69) is 51.6 Å². The monoisotopic (exact) mass is 341 g/mol. The number of benzene rings is 1. The summed E-state index contributed by atoms with van der Waals surface area (Å²) in [4.78, 5) is 6.79. The Morgan fingerprint density at radius 1 is 1.17 bits per heavy atom. The van der Waals surface area contributed by atoms with Gasteiger partial charge in [-0.15, -0.1) is 11.8 Å². The van der Waals surface area contributed by atoms with Crippen molar-refractivity contribution in [2.24, 2.45) is 0 Å². The van der Waals surface area contributed by atoms with Crippen LogP contribution in [0.1, 0.15) is 18.1 Å². The minimum absolute atomic E-state index is 0.120. The Hall–Kier alpha value is -1.56. The van der Waals surface area contributed by atoms with E-state index in [1.807, 2.05) is 30.1 Å². The van der Waals surface area contributed by atoms with Crippen LogP contribution in [-0.4, -0.2) is 41.8 Å². The molecule has 1 N–H and O–H groups in total. The Labute approximate surface area is 147 Å². The predicted octanol–water partition coefficient (Wildman–Crippen LogP) is 3.08. The topological polar surface area (TPSA) is 37.4 Å². The lowest BCUT2D eigenvalue weighted by molar-refractivity contribution is -0.0165. The molecule has 0 saturated carbocycles. The lowest BCUT2D eigenvalue weighted by Crippen LogP contribution is -2.35. The van der Waals surface area contributed by atoms with Crippen LogP contribution in [0.4, 0.5) is 5.82 Å². The fourth-order valence-electron chi connectivity index (χ4n) is 3.45. The van der Waals surface area contributed by atoms with Crippen molar-refractivity contribution in [1.29, 1.82) is 0 Å². The number of thioether (sulfide) groups is 1. The zero-order valence-corrected chi connectivity index (χ0v) is 14.5. The van der Waals surface area contributed by atoms with Gasteiger partial charge in [-0.2, -0.15) is 0 Å². The molecule has 0 radical (unpaired) electrons. The summed E-state index contributed by atoms with van der Waals surface area (Å²) in [6, 6.07) is 17.1. The van der Waals surface area contributed by atoms with E-state index in [9.17, 15) is 0 Å². The summed E-state index contributed by atoms with van der Waals surface area (Å²) in [7, 11) is 0. The second-order valence-electron chi connectivity index (χ2n) is 6.34. The van der Waals surface area contributed by atoms with Gasteiger partial charge in [-0.05, 0) is 24.1 Å². The van der Waals surface area contributed by atoms with Crippen molar-refractivity contribution in [3.05, 3.63) is 60.3 Å². The molecule has 1 aromatic heterocycles. The van der Waals surface area contributed by atoms with Crippen molar-refractivity contribution in [3.8, 4) is 0 Å². The Bertz CT molecular complexity index is 634. The highest BCUT2D eigenvalue weighted by Gasteiger charge is 2.32. The van der Waals surface area contributed by atoms with E-state index in [4.69, 9.17) is 4.74 Å². The molecule has 4 rings (SSSR count). The first-order valence-electron chi connectivity index (χ1n) is 8.57. The molecule has 0 amide bonds. The number of hydrogen-bond donors (Lipinski definition) is 1. The number of nitrogens with zero attached hydrogens (tertiary/aromatic N) is 2. The molecule has 126 valence electrons. The molecule has 5 heteroatoms. The third kappa shape index (κ3) is 3.58. The molecule has 1 aromatic carbocycles. The molecule has 2 unspecified atom stereocenters. The third-order valence-electron chi connectivity index (χ3n) is 4.70. The van der Waals surface area contributed by atoms with Gasteiger partial charge in [0.15, 0.2) is 0 Å². The molecule has 2 aliphatic rings.